The first kappa shape index (κ1) is 18.0. The van der Waals surface area contributed by atoms with Crippen LogP contribution in [0.3, 0.4) is 0 Å². The summed E-state index contributed by atoms with van der Waals surface area (Å²) >= 11 is 0. The molecule has 0 bridgehead atoms. The highest BCUT2D eigenvalue weighted by atomic mass is 35.5. The van der Waals surface area contributed by atoms with Gasteiger partial charge in [0.1, 0.15) is 0 Å². The highest BCUT2D eigenvalue weighted by Gasteiger charge is 2.27. The average molecular weight is 356 g/mol. The van der Waals surface area contributed by atoms with Crippen LogP contribution in [0.25, 0.3) is 11.0 Å². The normalized spacial score (nSPS) is 20.6. The molecule has 4 rings (SSSR count). The molecule has 1 aliphatic heterocycles. The molecule has 2 aliphatic rings. The van der Waals surface area contributed by atoms with Crippen molar-refractivity contribution >= 4 is 47.5 Å². The molecule has 2 fully saturated rings. The Morgan fingerprint density at radius 3 is 2.48 bits per heavy atom. The van der Waals surface area contributed by atoms with Gasteiger partial charge < -0.3 is 15.5 Å². The van der Waals surface area contributed by atoms with Gasteiger partial charge in [0.15, 0.2) is 11.6 Å². The highest BCUT2D eigenvalue weighted by molar-refractivity contribution is 5.85. The van der Waals surface area contributed by atoms with E-state index < -0.39 is 0 Å². The molecule has 1 saturated heterocycles. The number of hydrogen-bond acceptors (Lipinski definition) is 5. The van der Waals surface area contributed by atoms with E-state index in [1.807, 2.05) is 24.3 Å². The van der Waals surface area contributed by atoms with Crippen molar-refractivity contribution in [2.75, 3.05) is 29.9 Å². The zero-order valence-electron chi connectivity index (χ0n) is 13.2. The van der Waals surface area contributed by atoms with Crippen molar-refractivity contribution in [3.05, 3.63) is 24.3 Å². The van der Waals surface area contributed by atoms with Crippen molar-refractivity contribution in [3.63, 3.8) is 0 Å². The monoisotopic (exact) mass is 355 g/mol. The molecule has 1 aromatic carbocycles. The number of anilines is 2. The summed E-state index contributed by atoms with van der Waals surface area (Å²) in [5.74, 6) is 1.96. The first-order valence-electron chi connectivity index (χ1n) is 7.82. The molecule has 0 radical (unpaired) electrons. The first-order chi connectivity index (χ1) is 10.3. The van der Waals surface area contributed by atoms with Crippen molar-refractivity contribution in [3.8, 4) is 0 Å². The molecule has 1 atom stereocenters. The predicted molar refractivity (Wildman–Crippen MR) is 100 cm³/mol. The summed E-state index contributed by atoms with van der Waals surface area (Å²) in [6.45, 7) is 5.22. The summed E-state index contributed by atoms with van der Waals surface area (Å²) in [4.78, 5) is 12.1. The number of benzene rings is 1. The number of hydrogen-bond donors (Lipinski definition) is 2. The van der Waals surface area contributed by atoms with E-state index in [1.54, 1.807) is 0 Å². The largest absolute Gasteiger partial charge is 0.364 e. The van der Waals surface area contributed by atoms with E-state index in [0.717, 1.165) is 42.3 Å². The SMILES string of the molecule is CC1CNCCN1c1nc2ccccc2nc1NC1CC1.Cl.Cl. The van der Waals surface area contributed by atoms with Crippen LogP contribution in [0, 0.1) is 0 Å². The average Bonchev–Trinajstić information content (AvgIpc) is 3.31. The number of para-hydroxylation sites is 2. The number of halogens is 2. The topological polar surface area (TPSA) is 53.1 Å². The second-order valence-corrected chi connectivity index (χ2v) is 6.05. The molecule has 1 saturated carbocycles. The lowest BCUT2D eigenvalue weighted by Gasteiger charge is -2.35. The van der Waals surface area contributed by atoms with Gasteiger partial charge in [0, 0.05) is 31.7 Å². The summed E-state index contributed by atoms with van der Waals surface area (Å²) in [6, 6.07) is 9.14. The lowest BCUT2D eigenvalue weighted by molar-refractivity contribution is 0.497. The predicted octanol–water partition coefficient (Wildman–Crippen LogP) is 2.85. The maximum atomic E-state index is 4.90. The Labute approximate surface area is 149 Å². The molecular weight excluding hydrogens is 333 g/mol. The minimum absolute atomic E-state index is 0. The molecule has 2 aromatic rings. The van der Waals surface area contributed by atoms with Crippen LogP contribution in [0.1, 0.15) is 19.8 Å². The quantitative estimate of drug-likeness (QED) is 0.886. The number of piperazine rings is 1. The Morgan fingerprint density at radius 2 is 1.83 bits per heavy atom. The number of rotatable bonds is 3. The van der Waals surface area contributed by atoms with E-state index in [9.17, 15) is 0 Å². The van der Waals surface area contributed by atoms with Gasteiger partial charge in [-0.1, -0.05) is 12.1 Å². The zero-order valence-corrected chi connectivity index (χ0v) is 14.8. The molecule has 7 heteroatoms. The van der Waals surface area contributed by atoms with Crippen LogP contribution < -0.4 is 15.5 Å². The second kappa shape index (κ2) is 7.51. The second-order valence-electron chi connectivity index (χ2n) is 6.05. The standard InChI is InChI=1S/C16H21N5.2ClH/c1-11-10-17-8-9-21(11)16-15(18-12-6-7-12)19-13-4-2-3-5-14(13)20-16;;/h2-5,11-12,17H,6-10H2,1H3,(H,18,19);2*1H. The summed E-state index contributed by atoms with van der Waals surface area (Å²) < 4.78 is 0. The van der Waals surface area contributed by atoms with Crippen molar-refractivity contribution < 1.29 is 0 Å². The van der Waals surface area contributed by atoms with Crippen LogP contribution in [0.2, 0.25) is 0 Å². The van der Waals surface area contributed by atoms with Gasteiger partial charge in [-0.25, -0.2) is 9.97 Å². The van der Waals surface area contributed by atoms with Gasteiger partial charge in [-0.3, -0.25) is 0 Å². The molecule has 5 nitrogen and oxygen atoms in total. The van der Waals surface area contributed by atoms with E-state index in [1.165, 1.54) is 12.8 Å². The molecule has 126 valence electrons. The van der Waals surface area contributed by atoms with Crippen molar-refractivity contribution in [2.24, 2.45) is 0 Å². The van der Waals surface area contributed by atoms with Gasteiger partial charge in [-0.15, -0.1) is 24.8 Å². The van der Waals surface area contributed by atoms with E-state index in [4.69, 9.17) is 9.97 Å². The molecule has 2 N–H and O–H groups in total. The third-order valence-corrected chi connectivity index (χ3v) is 4.24. The van der Waals surface area contributed by atoms with E-state index in [-0.39, 0.29) is 24.8 Å². The number of nitrogens with zero attached hydrogens (tertiary/aromatic N) is 3. The Hall–Kier alpha value is -1.30. The third kappa shape index (κ3) is 3.79. The summed E-state index contributed by atoms with van der Waals surface area (Å²) in [5, 5.41) is 6.99. The zero-order chi connectivity index (χ0) is 14.2. The summed E-state index contributed by atoms with van der Waals surface area (Å²) in [6.07, 6.45) is 2.48. The van der Waals surface area contributed by atoms with Crippen molar-refractivity contribution in [1.29, 1.82) is 0 Å². The fourth-order valence-electron chi connectivity index (χ4n) is 2.86. The smallest absolute Gasteiger partial charge is 0.172 e. The summed E-state index contributed by atoms with van der Waals surface area (Å²) in [5.41, 5.74) is 1.94. The number of fused-ring (bicyclic) bond motifs is 1. The van der Waals surface area contributed by atoms with Crippen LogP contribution in [0.15, 0.2) is 24.3 Å². The van der Waals surface area contributed by atoms with Crippen LogP contribution in [-0.4, -0.2) is 41.7 Å². The molecule has 2 heterocycles. The molecule has 23 heavy (non-hydrogen) atoms. The van der Waals surface area contributed by atoms with Gasteiger partial charge >= 0.3 is 0 Å². The molecule has 1 aliphatic carbocycles. The van der Waals surface area contributed by atoms with Crippen LogP contribution in [0.5, 0.6) is 0 Å². The highest BCUT2D eigenvalue weighted by Crippen LogP contribution is 2.31. The lowest BCUT2D eigenvalue weighted by atomic mass is 10.2. The van der Waals surface area contributed by atoms with Gasteiger partial charge in [0.2, 0.25) is 0 Å². The minimum atomic E-state index is 0. The van der Waals surface area contributed by atoms with Crippen molar-refractivity contribution in [1.82, 2.24) is 15.3 Å². The van der Waals surface area contributed by atoms with Crippen molar-refractivity contribution in [2.45, 2.75) is 31.8 Å². The minimum Gasteiger partial charge on any atom is -0.364 e. The van der Waals surface area contributed by atoms with Gasteiger partial charge in [0.05, 0.1) is 11.0 Å². The van der Waals surface area contributed by atoms with E-state index >= 15 is 0 Å². The Kier molecular flexibility index (Phi) is 5.89. The number of aromatic nitrogens is 2. The lowest BCUT2D eigenvalue weighted by Crippen LogP contribution is -2.50. The molecule has 0 spiro atoms. The van der Waals surface area contributed by atoms with E-state index in [2.05, 4.69) is 22.5 Å². The first-order valence-corrected chi connectivity index (χ1v) is 7.82. The maximum absolute atomic E-state index is 4.90. The van der Waals surface area contributed by atoms with Gasteiger partial charge in [-0.2, -0.15) is 0 Å². The Balaban J connectivity index is 0.000000960. The van der Waals surface area contributed by atoms with Crippen LogP contribution >= 0.6 is 24.8 Å². The summed E-state index contributed by atoms with van der Waals surface area (Å²) in [7, 11) is 0. The van der Waals surface area contributed by atoms with Gasteiger partial charge in [-0.05, 0) is 31.9 Å². The molecule has 0 amide bonds. The maximum Gasteiger partial charge on any atom is 0.172 e. The Bertz CT molecular complexity index is 662. The van der Waals surface area contributed by atoms with Crippen LogP contribution in [-0.2, 0) is 0 Å². The van der Waals surface area contributed by atoms with Gasteiger partial charge in [0.25, 0.3) is 0 Å². The fraction of sp³-hybridized carbons (Fsp3) is 0.500. The fourth-order valence-corrected chi connectivity index (χ4v) is 2.86. The molecular formula is C16H23Cl2N5. The molecule has 1 unspecified atom stereocenters. The van der Waals surface area contributed by atoms with Crippen LogP contribution in [0.4, 0.5) is 11.6 Å². The third-order valence-electron chi connectivity index (χ3n) is 4.24. The number of nitrogens with one attached hydrogen (secondary N) is 2. The molecule has 1 aromatic heterocycles. The Morgan fingerprint density at radius 1 is 1.13 bits per heavy atom. The van der Waals surface area contributed by atoms with E-state index in [0.29, 0.717) is 12.1 Å².